The number of anilines is 1. The number of likely N-dealkylation sites (N-methyl/N-ethyl adjacent to an activating group) is 1. The van der Waals surface area contributed by atoms with Crippen molar-refractivity contribution in [1.29, 1.82) is 5.26 Å². The zero-order valence-corrected chi connectivity index (χ0v) is 26.5. The second-order valence-electron chi connectivity index (χ2n) is 12.5. The molecular formula is C31H33ClN10OS. The third-order valence-electron chi connectivity index (χ3n) is 10.1. The fourth-order valence-electron chi connectivity index (χ4n) is 7.96. The van der Waals surface area contributed by atoms with E-state index in [9.17, 15) is 5.26 Å². The summed E-state index contributed by atoms with van der Waals surface area (Å²) in [6, 6.07) is 2.86. The van der Waals surface area contributed by atoms with Crippen LogP contribution < -0.4 is 5.73 Å². The normalized spacial score (nSPS) is 22.4. The fourth-order valence-corrected chi connectivity index (χ4v) is 9.25. The molecule has 0 radical (unpaired) electrons. The summed E-state index contributed by atoms with van der Waals surface area (Å²) in [4.78, 5) is 13.8. The molecule has 1 saturated heterocycles. The number of fused-ring (bicyclic) bond motifs is 5. The van der Waals surface area contributed by atoms with Crippen molar-refractivity contribution in [3.05, 3.63) is 50.4 Å². The third kappa shape index (κ3) is 3.92. The first-order valence-corrected chi connectivity index (χ1v) is 16.5. The van der Waals surface area contributed by atoms with E-state index in [1.807, 2.05) is 17.8 Å². The van der Waals surface area contributed by atoms with Crippen LogP contribution in [0.3, 0.4) is 0 Å². The fraction of sp³-hybridized carbons (Fsp3) is 0.484. The molecule has 6 heterocycles. The van der Waals surface area contributed by atoms with Crippen molar-refractivity contribution in [3.8, 4) is 23.4 Å². The first-order valence-electron chi connectivity index (χ1n) is 15.3. The van der Waals surface area contributed by atoms with E-state index in [1.165, 1.54) is 11.3 Å². The summed E-state index contributed by atoms with van der Waals surface area (Å²) in [5.74, 6) is 1.89. The highest BCUT2D eigenvalue weighted by molar-refractivity contribution is 7.16. The lowest BCUT2D eigenvalue weighted by atomic mass is 9.63. The highest BCUT2D eigenvalue weighted by Crippen LogP contribution is 2.55. The van der Waals surface area contributed by atoms with E-state index >= 15 is 0 Å². The van der Waals surface area contributed by atoms with E-state index in [0.717, 1.165) is 79.4 Å². The monoisotopic (exact) mass is 628 g/mol. The van der Waals surface area contributed by atoms with Gasteiger partial charge in [0.2, 0.25) is 0 Å². The smallest absolute Gasteiger partial charge is 0.186 e. The van der Waals surface area contributed by atoms with E-state index in [-0.39, 0.29) is 6.04 Å². The average molecular weight is 629 g/mol. The molecule has 2 N–H and O–H groups in total. The lowest BCUT2D eigenvalue weighted by Crippen LogP contribution is -2.35. The summed E-state index contributed by atoms with van der Waals surface area (Å²) in [7, 11) is 2.17. The number of nitrogens with two attached hydrogens (primary N) is 1. The van der Waals surface area contributed by atoms with Gasteiger partial charge in [0.05, 0.1) is 45.5 Å². The van der Waals surface area contributed by atoms with Crippen LogP contribution in [0.5, 0.6) is 0 Å². The summed E-state index contributed by atoms with van der Waals surface area (Å²) < 4.78 is 10.0. The van der Waals surface area contributed by atoms with Crippen LogP contribution in [0.1, 0.15) is 84.5 Å². The molecule has 1 spiro atoms. The highest BCUT2D eigenvalue weighted by atomic mass is 35.5. The van der Waals surface area contributed by atoms with Gasteiger partial charge in [0.25, 0.3) is 0 Å². The van der Waals surface area contributed by atoms with Crippen LogP contribution >= 0.6 is 22.9 Å². The van der Waals surface area contributed by atoms with Gasteiger partial charge in [0, 0.05) is 16.5 Å². The second-order valence-corrected chi connectivity index (χ2v) is 14.1. The molecule has 3 atom stereocenters. The van der Waals surface area contributed by atoms with E-state index < -0.39 is 5.41 Å². The van der Waals surface area contributed by atoms with Crippen molar-refractivity contribution in [3.63, 3.8) is 0 Å². The summed E-state index contributed by atoms with van der Waals surface area (Å²) in [5, 5.41) is 26.2. The largest absolute Gasteiger partial charge is 0.389 e. The Morgan fingerprint density at radius 2 is 2.05 bits per heavy atom. The Morgan fingerprint density at radius 3 is 2.77 bits per heavy atom. The number of nitrogens with zero attached hydrogens (tertiary/aromatic N) is 9. The predicted octanol–water partition coefficient (Wildman–Crippen LogP) is 5.76. The maximum Gasteiger partial charge on any atom is 0.186 e. The lowest BCUT2D eigenvalue weighted by molar-refractivity contribution is 0.232. The molecule has 1 aliphatic heterocycles. The van der Waals surface area contributed by atoms with Gasteiger partial charge < -0.3 is 15.2 Å². The standard InChI is InChI=1S/C31H33ClN10OS/c1-16-21(32)15-41(38-16)29-20-14-35-42(17(2)22-8-6-12-40(22)3)30(20)37-28(36-29)25-18-7-4-10-31(26(18)43-39-25)11-5-9-23-24(31)19(13-33)27(34)44-23/h14-15,17,22H,4-12,34H2,1-3H3/t17-,22-,31-/m0/s1. The summed E-state index contributed by atoms with van der Waals surface area (Å²) in [6.07, 6.45) is 11.3. The van der Waals surface area contributed by atoms with Gasteiger partial charge in [0.1, 0.15) is 11.1 Å². The van der Waals surface area contributed by atoms with Gasteiger partial charge in [0.15, 0.2) is 28.7 Å². The first kappa shape index (κ1) is 27.7. The maximum absolute atomic E-state index is 10.1. The predicted molar refractivity (Wildman–Crippen MR) is 168 cm³/mol. The first-order chi connectivity index (χ1) is 21.3. The molecule has 2 aliphatic carbocycles. The quantitative estimate of drug-likeness (QED) is 0.263. The summed E-state index contributed by atoms with van der Waals surface area (Å²) in [6.45, 7) is 5.15. The van der Waals surface area contributed by atoms with Gasteiger partial charge in [-0.15, -0.1) is 11.3 Å². The molecule has 0 unspecified atom stereocenters. The molecule has 226 valence electrons. The number of aryl methyl sites for hydroxylation is 2. The molecule has 3 aliphatic rings. The molecule has 5 aromatic heterocycles. The van der Waals surface area contributed by atoms with E-state index in [4.69, 9.17) is 36.9 Å². The summed E-state index contributed by atoms with van der Waals surface area (Å²) >= 11 is 8.00. The van der Waals surface area contributed by atoms with Crippen molar-refractivity contribution in [2.75, 3.05) is 19.3 Å². The maximum atomic E-state index is 10.1. The average Bonchev–Trinajstić information content (AvgIpc) is 3.84. The molecule has 8 rings (SSSR count). The van der Waals surface area contributed by atoms with Gasteiger partial charge >= 0.3 is 0 Å². The van der Waals surface area contributed by atoms with Crippen molar-refractivity contribution < 1.29 is 4.52 Å². The van der Waals surface area contributed by atoms with Gasteiger partial charge in [-0.2, -0.15) is 15.5 Å². The topological polar surface area (TPSA) is 141 Å². The number of hydrogen-bond donors (Lipinski definition) is 1. The minimum atomic E-state index is -0.422. The van der Waals surface area contributed by atoms with Gasteiger partial charge in [-0.3, -0.25) is 0 Å². The second kappa shape index (κ2) is 10.1. The molecule has 11 nitrogen and oxygen atoms in total. The van der Waals surface area contributed by atoms with E-state index in [2.05, 4.69) is 35.2 Å². The number of rotatable bonds is 4. The van der Waals surface area contributed by atoms with Crippen LogP contribution in [0, 0.1) is 18.3 Å². The molecule has 1 fully saturated rings. The van der Waals surface area contributed by atoms with Crippen LogP contribution in [0.15, 0.2) is 16.9 Å². The minimum absolute atomic E-state index is 0.0992. The van der Waals surface area contributed by atoms with Crippen molar-refractivity contribution in [2.24, 2.45) is 0 Å². The lowest BCUT2D eigenvalue weighted by Gasteiger charge is -2.39. The minimum Gasteiger partial charge on any atom is -0.389 e. The van der Waals surface area contributed by atoms with Gasteiger partial charge in [-0.05, 0) is 84.4 Å². The van der Waals surface area contributed by atoms with Crippen molar-refractivity contribution >= 4 is 39.0 Å². The summed E-state index contributed by atoms with van der Waals surface area (Å²) in [5.41, 5.74) is 10.6. The molecule has 13 heteroatoms. The van der Waals surface area contributed by atoms with E-state index in [0.29, 0.717) is 44.7 Å². The third-order valence-corrected chi connectivity index (χ3v) is 11.5. The Bertz CT molecular complexity index is 1960. The molecule has 0 saturated carbocycles. The number of likely N-dealkylation sites (tertiary alicyclic amines) is 1. The Kier molecular flexibility index (Phi) is 6.38. The zero-order chi connectivity index (χ0) is 30.3. The number of aromatic nitrogens is 7. The molecule has 0 amide bonds. The van der Waals surface area contributed by atoms with Crippen LogP contribution in [-0.2, 0) is 18.3 Å². The molecular weight excluding hydrogens is 596 g/mol. The highest BCUT2D eigenvalue weighted by Gasteiger charge is 2.49. The van der Waals surface area contributed by atoms with Crippen LogP contribution in [0.25, 0.3) is 28.4 Å². The number of nitriles is 1. The molecule has 0 aromatic carbocycles. The Labute approximate surface area is 263 Å². The number of hydrogen-bond acceptors (Lipinski definition) is 10. The van der Waals surface area contributed by atoms with Gasteiger partial charge in [-0.25, -0.2) is 19.3 Å². The number of halogens is 1. The van der Waals surface area contributed by atoms with Crippen LogP contribution in [0.4, 0.5) is 5.00 Å². The van der Waals surface area contributed by atoms with Crippen LogP contribution in [0.2, 0.25) is 5.02 Å². The van der Waals surface area contributed by atoms with Gasteiger partial charge in [-0.1, -0.05) is 16.8 Å². The SMILES string of the molecule is Cc1nn(-c2nc(-c3noc4c3CCC[C@@]43CCCc4sc(N)c(C#N)c43)nc3c2cnn3[C@@H](C)[C@@H]2CCCN2C)cc1Cl. The zero-order valence-electron chi connectivity index (χ0n) is 25.0. The Morgan fingerprint density at radius 1 is 1.23 bits per heavy atom. The van der Waals surface area contributed by atoms with Crippen LogP contribution in [-0.4, -0.2) is 59.2 Å². The Balaban J connectivity index is 1.32. The molecule has 0 bridgehead atoms. The van der Waals surface area contributed by atoms with E-state index in [1.54, 1.807) is 22.2 Å². The number of thiophene rings is 1. The Hall–Kier alpha value is -3.79. The molecule has 44 heavy (non-hydrogen) atoms. The number of nitrogen functional groups attached to an aromatic ring is 1. The van der Waals surface area contributed by atoms with Crippen molar-refractivity contribution in [1.82, 2.24) is 39.6 Å². The molecule has 5 aromatic rings. The van der Waals surface area contributed by atoms with Crippen molar-refractivity contribution in [2.45, 2.75) is 82.7 Å².